The molecule has 2 aliphatic heterocycles. The Kier molecular flexibility index (Phi) is 5.62. The van der Waals surface area contributed by atoms with Gasteiger partial charge in [0.2, 0.25) is 0 Å². The van der Waals surface area contributed by atoms with E-state index in [4.69, 9.17) is 4.74 Å². The number of hydrogen-bond acceptors (Lipinski definition) is 4. The zero-order valence-electron chi connectivity index (χ0n) is 15.0. The Labute approximate surface area is 154 Å². The van der Waals surface area contributed by atoms with E-state index in [0.717, 1.165) is 32.0 Å². The summed E-state index contributed by atoms with van der Waals surface area (Å²) in [5, 5.41) is 0. The lowest BCUT2D eigenvalue weighted by Crippen LogP contribution is -2.57. The standard InChI is InChI=1S/C18H22F4N2O3/c1-23-8-6-17(7-9-23)12-24(10-11-26-17)15(25)13-4-2-3-5-14(13)27-18(21,22)16(19)20/h2-5,16H,6-12H2,1H3. The van der Waals surface area contributed by atoms with Gasteiger partial charge in [-0.15, -0.1) is 0 Å². The zero-order valence-corrected chi connectivity index (χ0v) is 15.0. The lowest BCUT2D eigenvalue weighted by Gasteiger charge is -2.46. The molecular formula is C18H22F4N2O3. The van der Waals surface area contributed by atoms with Crippen LogP contribution in [0.3, 0.4) is 0 Å². The molecule has 1 spiro atoms. The van der Waals surface area contributed by atoms with Crippen molar-refractivity contribution in [2.24, 2.45) is 0 Å². The van der Waals surface area contributed by atoms with Crippen LogP contribution in [0.1, 0.15) is 23.2 Å². The largest absolute Gasteiger partial charge is 0.461 e. The lowest BCUT2D eigenvalue weighted by molar-refractivity contribution is -0.253. The van der Waals surface area contributed by atoms with Crippen LogP contribution in [-0.2, 0) is 4.74 Å². The van der Waals surface area contributed by atoms with Crippen molar-refractivity contribution in [2.45, 2.75) is 31.0 Å². The van der Waals surface area contributed by atoms with Crippen molar-refractivity contribution in [3.63, 3.8) is 0 Å². The van der Waals surface area contributed by atoms with Crippen LogP contribution in [0.5, 0.6) is 5.75 Å². The number of amides is 1. The minimum atomic E-state index is -4.67. The van der Waals surface area contributed by atoms with Crippen LogP contribution in [-0.4, -0.2) is 73.7 Å². The molecule has 1 aromatic rings. The minimum Gasteiger partial charge on any atom is -0.427 e. The van der Waals surface area contributed by atoms with Crippen molar-refractivity contribution in [2.75, 3.05) is 39.8 Å². The van der Waals surface area contributed by atoms with E-state index in [1.807, 2.05) is 7.05 Å². The van der Waals surface area contributed by atoms with E-state index < -0.39 is 29.8 Å². The molecule has 0 saturated carbocycles. The first-order chi connectivity index (χ1) is 12.7. The summed E-state index contributed by atoms with van der Waals surface area (Å²) in [7, 11) is 2.01. The number of morpholine rings is 1. The molecule has 0 aliphatic carbocycles. The molecule has 2 fully saturated rings. The molecule has 2 heterocycles. The fraction of sp³-hybridized carbons (Fsp3) is 0.611. The summed E-state index contributed by atoms with van der Waals surface area (Å²) in [6.07, 6.45) is -7.15. The molecule has 0 unspecified atom stereocenters. The van der Waals surface area contributed by atoms with Gasteiger partial charge >= 0.3 is 12.5 Å². The molecule has 9 heteroatoms. The fourth-order valence-electron chi connectivity index (χ4n) is 3.44. The van der Waals surface area contributed by atoms with E-state index >= 15 is 0 Å². The third-order valence-electron chi connectivity index (χ3n) is 5.05. The van der Waals surface area contributed by atoms with Gasteiger partial charge in [-0.25, -0.2) is 0 Å². The fourth-order valence-corrected chi connectivity index (χ4v) is 3.44. The predicted molar refractivity (Wildman–Crippen MR) is 89.3 cm³/mol. The summed E-state index contributed by atoms with van der Waals surface area (Å²) in [6, 6.07) is 5.23. The van der Waals surface area contributed by atoms with Gasteiger partial charge in [0, 0.05) is 19.6 Å². The Hall–Kier alpha value is -1.87. The highest BCUT2D eigenvalue weighted by Crippen LogP contribution is 2.33. The molecule has 0 atom stereocenters. The van der Waals surface area contributed by atoms with Crippen LogP contribution < -0.4 is 4.74 Å². The van der Waals surface area contributed by atoms with Crippen molar-refractivity contribution in [3.8, 4) is 5.75 Å². The number of ether oxygens (including phenoxy) is 2. The Balaban J connectivity index is 1.78. The highest BCUT2D eigenvalue weighted by atomic mass is 19.3. The van der Waals surface area contributed by atoms with Crippen molar-refractivity contribution < 1.29 is 31.8 Å². The number of benzene rings is 1. The van der Waals surface area contributed by atoms with Gasteiger partial charge < -0.3 is 19.3 Å². The molecular weight excluding hydrogens is 368 g/mol. The van der Waals surface area contributed by atoms with E-state index in [2.05, 4.69) is 9.64 Å². The number of halogens is 4. The summed E-state index contributed by atoms with van der Waals surface area (Å²) in [4.78, 5) is 16.6. The third kappa shape index (κ3) is 4.35. The number of alkyl halides is 4. The second-order valence-electron chi connectivity index (χ2n) is 7.02. The predicted octanol–water partition coefficient (Wildman–Crippen LogP) is 2.86. The lowest BCUT2D eigenvalue weighted by atomic mass is 9.89. The molecule has 2 saturated heterocycles. The number of carbonyl (C=O) groups excluding carboxylic acids is 1. The number of hydrogen-bond donors (Lipinski definition) is 0. The van der Waals surface area contributed by atoms with Crippen molar-refractivity contribution in [3.05, 3.63) is 29.8 Å². The van der Waals surface area contributed by atoms with Gasteiger partial charge in [0.05, 0.1) is 24.3 Å². The van der Waals surface area contributed by atoms with E-state index in [1.165, 1.54) is 23.1 Å². The highest BCUT2D eigenvalue weighted by molar-refractivity contribution is 5.97. The summed E-state index contributed by atoms with van der Waals surface area (Å²) in [5.74, 6) is -1.09. The molecule has 27 heavy (non-hydrogen) atoms. The Morgan fingerprint density at radius 1 is 1.22 bits per heavy atom. The smallest absolute Gasteiger partial charge is 0.427 e. The zero-order chi connectivity index (χ0) is 19.7. The maximum atomic E-state index is 13.3. The van der Waals surface area contributed by atoms with E-state index in [9.17, 15) is 22.4 Å². The van der Waals surface area contributed by atoms with Gasteiger partial charge in [-0.2, -0.15) is 17.6 Å². The topological polar surface area (TPSA) is 42.0 Å². The first kappa shape index (κ1) is 19.9. The van der Waals surface area contributed by atoms with Gasteiger partial charge in [-0.3, -0.25) is 4.79 Å². The average molecular weight is 390 g/mol. The molecule has 5 nitrogen and oxygen atoms in total. The summed E-state index contributed by atoms with van der Waals surface area (Å²) < 4.78 is 61.7. The maximum absolute atomic E-state index is 13.3. The molecule has 0 radical (unpaired) electrons. The van der Waals surface area contributed by atoms with Crippen LogP contribution in [0.4, 0.5) is 17.6 Å². The minimum absolute atomic E-state index is 0.164. The van der Waals surface area contributed by atoms with E-state index in [0.29, 0.717) is 19.7 Å². The van der Waals surface area contributed by atoms with Gasteiger partial charge in [0.15, 0.2) is 0 Å². The van der Waals surface area contributed by atoms with Crippen LogP contribution >= 0.6 is 0 Å². The van der Waals surface area contributed by atoms with Crippen LogP contribution in [0.25, 0.3) is 0 Å². The quantitative estimate of drug-likeness (QED) is 0.742. The summed E-state index contributed by atoms with van der Waals surface area (Å²) in [6.45, 7) is 2.64. The molecule has 2 aliphatic rings. The maximum Gasteiger partial charge on any atom is 0.461 e. The number of carbonyl (C=O) groups is 1. The highest BCUT2D eigenvalue weighted by Gasteiger charge is 2.45. The Morgan fingerprint density at radius 3 is 2.56 bits per heavy atom. The van der Waals surface area contributed by atoms with Gasteiger partial charge in [-0.1, -0.05) is 12.1 Å². The van der Waals surface area contributed by atoms with Crippen molar-refractivity contribution in [1.29, 1.82) is 0 Å². The van der Waals surface area contributed by atoms with Gasteiger partial charge in [0.25, 0.3) is 5.91 Å². The second-order valence-corrected chi connectivity index (χ2v) is 7.02. The molecule has 0 bridgehead atoms. The van der Waals surface area contributed by atoms with Crippen LogP contribution in [0.2, 0.25) is 0 Å². The molecule has 1 aromatic carbocycles. The molecule has 150 valence electrons. The molecule has 0 aromatic heterocycles. The normalized spacial score (nSPS) is 20.9. The number of piperidine rings is 1. The number of rotatable bonds is 4. The van der Waals surface area contributed by atoms with Gasteiger partial charge in [0.1, 0.15) is 5.75 Å². The van der Waals surface area contributed by atoms with Crippen molar-refractivity contribution >= 4 is 5.91 Å². The number of nitrogens with zero attached hydrogens (tertiary/aromatic N) is 2. The SMILES string of the molecule is CN1CCC2(CC1)CN(C(=O)c1ccccc1OC(F)(F)C(F)F)CCO2. The molecule has 3 rings (SSSR count). The number of likely N-dealkylation sites (tertiary alicyclic amines) is 1. The number of para-hydroxylation sites is 1. The van der Waals surface area contributed by atoms with Crippen LogP contribution in [0, 0.1) is 0 Å². The van der Waals surface area contributed by atoms with Crippen molar-refractivity contribution in [1.82, 2.24) is 9.80 Å². The Morgan fingerprint density at radius 2 is 1.89 bits per heavy atom. The van der Waals surface area contributed by atoms with E-state index in [-0.39, 0.29) is 5.56 Å². The average Bonchev–Trinajstić information content (AvgIpc) is 2.64. The first-order valence-corrected chi connectivity index (χ1v) is 8.78. The Bertz CT molecular complexity index is 678. The summed E-state index contributed by atoms with van der Waals surface area (Å²) in [5.41, 5.74) is -0.619. The first-order valence-electron chi connectivity index (χ1n) is 8.78. The van der Waals surface area contributed by atoms with Gasteiger partial charge in [-0.05, 0) is 32.0 Å². The monoisotopic (exact) mass is 390 g/mol. The molecule has 0 N–H and O–H groups in total. The van der Waals surface area contributed by atoms with Crippen LogP contribution in [0.15, 0.2) is 24.3 Å². The third-order valence-corrected chi connectivity index (χ3v) is 5.05. The molecule has 1 amide bonds. The second kappa shape index (κ2) is 7.63. The van der Waals surface area contributed by atoms with E-state index in [1.54, 1.807) is 0 Å². The summed E-state index contributed by atoms with van der Waals surface area (Å²) >= 11 is 0.